The first-order valence-corrected chi connectivity index (χ1v) is 10.5. The Bertz CT molecular complexity index is 539. The van der Waals surface area contributed by atoms with Crippen LogP contribution >= 0.6 is 0 Å². The summed E-state index contributed by atoms with van der Waals surface area (Å²) < 4.78 is 4.82. The standard InChI is InChI=1S/C11H16O4.C11H20O2/c1-4-5(2)7-3-6(4)8(10(12)13)9(7)11(14)15;1-4-6-7-8-9-10(3)11(12)13-5-2/h4-9H,3H2,1-2H3,(H,12,13)(H,14,15);3-9H2,1-2H3. The number of carboxylic acids is 2. The van der Waals surface area contributed by atoms with Crippen LogP contribution < -0.4 is 0 Å². The van der Waals surface area contributed by atoms with E-state index >= 15 is 0 Å². The average Bonchev–Trinajstić information content (AvgIpc) is 3.16. The van der Waals surface area contributed by atoms with Crippen molar-refractivity contribution in [3.8, 4) is 0 Å². The summed E-state index contributed by atoms with van der Waals surface area (Å²) in [6, 6.07) is 0. The second kappa shape index (κ2) is 11.2. The minimum atomic E-state index is -0.936. The summed E-state index contributed by atoms with van der Waals surface area (Å²) in [6.07, 6.45) is 6.22. The minimum Gasteiger partial charge on any atom is -0.481 e. The van der Waals surface area contributed by atoms with Gasteiger partial charge < -0.3 is 14.9 Å². The lowest BCUT2D eigenvalue weighted by atomic mass is 9.69. The number of hydrogen-bond acceptors (Lipinski definition) is 4. The molecule has 2 aliphatic rings. The van der Waals surface area contributed by atoms with E-state index in [4.69, 9.17) is 14.9 Å². The van der Waals surface area contributed by atoms with Gasteiger partial charge in [-0.25, -0.2) is 4.79 Å². The lowest BCUT2D eigenvalue weighted by Crippen LogP contribution is -2.40. The fraction of sp³-hybridized carbons (Fsp3) is 0.773. The molecule has 6 heteroatoms. The summed E-state index contributed by atoms with van der Waals surface area (Å²) in [4.78, 5) is 33.3. The van der Waals surface area contributed by atoms with Gasteiger partial charge in [0.25, 0.3) is 0 Å². The highest BCUT2D eigenvalue weighted by molar-refractivity contribution is 5.87. The molecule has 2 saturated carbocycles. The van der Waals surface area contributed by atoms with E-state index in [9.17, 15) is 14.4 Å². The van der Waals surface area contributed by atoms with E-state index in [1.54, 1.807) is 0 Å². The van der Waals surface area contributed by atoms with Gasteiger partial charge in [0.1, 0.15) is 0 Å². The first kappa shape index (κ1) is 24.2. The Kier molecular flexibility index (Phi) is 9.70. The summed E-state index contributed by atoms with van der Waals surface area (Å²) in [6.45, 7) is 12.2. The smallest absolute Gasteiger partial charge is 0.333 e. The predicted octanol–water partition coefficient (Wildman–Crippen LogP) is 4.39. The summed E-state index contributed by atoms with van der Waals surface area (Å²) in [5, 5.41) is 18.2. The van der Waals surface area contributed by atoms with Crippen molar-refractivity contribution >= 4 is 17.9 Å². The Morgan fingerprint density at radius 1 is 0.929 bits per heavy atom. The first-order chi connectivity index (χ1) is 13.2. The van der Waals surface area contributed by atoms with Gasteiger partial charge in [0.05, 0.1) is 18.4 Å². The molecular weight excluding hydrogens is 360 g/mol. The number of carboxylic acid groups (broad SMARTS) is 2. The van der Waals surface area contributed by atoms with E-state index in [0.717, 1.165) is 19.3 Å². The van der Waals surface area contributed by atoms with Gasteiger partial charge in [-0.15, -0.1) is 0 Å². The fourth-order valence-corrected chi connectivity index (χ4v) is 4.78. The monoisotopic (exact) mass is 396 g/mol. The number of fused-ring (bicyclic) bond motifs is 2. The third kappa shape index (κ3) is 5.82. The maximum absolute atomic E-state index is 11.1. The van der Waals surface area contributed by atoms with E-state index in [1.807, 2.05) is 20.8 Å². The molecule has 0 aromatic carbocycles. The van der Waals surface area contributed by atoms with E-state index in [1.165, 1.54) is 19.3 Å². The van der Waals surface area contributed by atoms with Crippen molar-refractivity contribution in [3.63, 3.8) is 0 Å². The van der Waals surface area contributed by atoms with Crippen LogP contribution in [0.1, 0.15) is 66.2 Å². The predicted molar refractivity (Wildman–Crippen MR) is 107 cm³/mol. The number of rotatable bonds is 9. The minimum absolute atomic E-state index is 0.0589. The summed E-state index contributed by atoms with van der Waals surface area (Å²) >= 11 is 0. The van der Waals surface area contributed by atoms with Crippen molar-refractivity contribution in [2.45, 2.75) is 66.2 Å². The normalized spacial score (nSPS) is 30.3. The van der Waals surface area contributed by atoms with Gasteiger partial charge in [-0.3, -0.25) is 9.59 Å². The van der Waals surface area contributed by atoms with E-state index < -0.39 is 23.8 Å². The third-order valence-electron chi connectivity index (χ3n) is 6.50. The molecule has 2 N–H and O–H groups in total. The van der Waals surface area contributed by atoms with Gasteiger partial charge in [0.15, 0.2) is 0 Å². The molecule has 0 aromatic rings. The lowest BCUT2D eigenvalue weighted by Gasteiger charge is -2.33. The highest BCUT2D eigenvalue weighted by atomic mass is 16.5. The van der Waals surface area contributed by atoms with Crippen LogP contribution in [0.4, 0.5) is 0 Å². The molecule has 2 rings (SSSR count). The lowest BCUT2D eigenvalue weighted by molar-refractivity contribution is -0.158. The molecule has 6 unspecified atom stereocenters. The van der Waals surface area contributed by atoms with Crippen LogP contribution in [-0.4, -0.2) is 34.7 Å². The molecule has 2 aliphatic carbocycles. The van der Waals surface area contributed by atoms with Crippen molar-refractivity contribution in [1.82, 2.24) is 0 Å². The summed E-state index contributed by atoms with van der Waals surface area (Å²) in [7, 11) is 0. The zero-order valence-electron chi connectivity index (χ0n) is 17.6. The maximum atomic E-state index is 11.1. The zero-order valence-corrected chi connectivity index (χ0v) is 17.6. The van der Waals surface area contributed by atoms with E-state index in [0.29, 0.717) is 24.0 Å². The van der Waals surface area contributed by atoms with E-state index in [-0.39, 0.29) is 17.8 Å². The molecule has 28 heavy (non-hydrogen) atoms. The molecule has 0 aliphatic heterocycles. The molecule has 6 atom stereocenters. The molecule has 0 saturated heterocycles. The molecular formula is C22H36O6. The maximum Gasteiger partial charge on any atom is 0.333 e. The number of hydrogen-bond donors (Lipinski definition) is 2. The molecule has 160 valence electrons. The fourth-order valence-electron chi connectivity index (χ4n) is 4.78. The number of carbonyl (C=O) groups is 3. The van der Waals surface area contributed by atoms with E-state index in [2.05, 4.69) is 13.5 Å². The second-order valence-electron chi connectivity index (χ2n) is 8.14. The number of unbranched alkanes of at least 4 members (excludes halogenated alkanes) is 3. The molecule has 0 radical (unpaired) electrons. The largest absolute Gasteiger partial charge is 0.481 e. The Hall–Kier alpha value is -1.85. The van der Waals surface area contributed by atoms with Crippen molar-refractivity contribution < 1.29 is 29.3 Å². The Labute approximate surface area is 168 Å². The number of aliphatic carboxylic acids is 2. The van der Waals surface area contributed by atoms with Crippen LogP contribution in [0.25, 0.3) is 0 Å². The second-order valence-corrected chi connectivity index (χ2v) is 8.14. The first-order valence-electron chi connectivity index (χ1n) is 10.5. The van der Waals surface area contributed by atoms with Crippen molar-refractivity contribution in [1.29, 1.82) is 0 Å². The molecule has 6 nitrogen and oxygen atoms in total. The van der Waals surface area contributed by atoms with Crippen molar-refractivity contribution in [3.05, 3.63) is 12.2 Å². The van der Waals surface area contributed by atoms with Crippen LogP contribution in [-0.2, 0) is 19.1 Å². The molecule has 2 fully saturated rings. The average molecular weight is 397 g/mol. The molecule has 0 spiro atoms. The van der Waals surface area contributed by atoms with Crippen LogP contribution in [0.5, 0.6) is 0 Å². The Morgan fingerprint density at radius 2 is 1.43 bits per heavy atom. The SMILES string of the molecule is C=C(CCCCCC)C(=O)OCC.CC1C(C)C2CC1C(C(=O)O)C2C(=O)O. The molecule has 0 heterocycles. The number of carbonyl (C=O) groups excluding carboxylic acids is 1. The highest BCUT2D eigenvalue weighted by Crippen LogP contribution is 2.58. The quantitative estimate of drug-likeness (QED) is 0.341. The Balaban J connectivity index is 0.000000284. The molecule has 0 amide bonds. The Morgan fingerprint density at radius 3 is 1.82 bits per heavy atom. The van der Waals surface area contributed by atoms with Crippen LogP contribution in [0, 0.1) is 35.5 Å². The van der Waals surface area contributed by atoms with Gasteiger partial charge in [0.2, 0.25) is 0 Å². The topological polar surface area (TPSA) is 101 Å². The van der Waals surface area contributed by atoms with Gasteiger partial charge in [-0.05, 0) is 49.9 Å². The zero-order chi connectivity index (χ0) is 21.4. The number of ether oxygens (including phenoxy) is 1. The summed E-state index contributed by atoms with van der Waals surface area (Å²) in [5.41, 5.74) is 0.609. The van der Waals surface area contributed by atoms with Crippen LogP contribution in [0.15, 0.2) is 12.2 Å². The number of esters is 1. The van der Waals surface area contributed by atoms with Gasteiger partial charge in [-0.2, -0.15) is 0 Å². The molecule has 0 aromatic heterocycles. The van der Waals surface area contributed by atoms with Crippen LogP contribution in [0.2, 0.25) is 0 Å². The van der Waals surface area contributed by atoms with Gasteiger partial charge in [-0.1, -0.05) is 46.6 Å². The van der Waals surface area contributed by atoms with Crippen molar-refractivity contribution in [2.24, 2.45) is 35.5 Å². The third-order valence-corrected chi connectivity index (χ3v) is 6.50. The van der Waals surface area contributed by atoms with Crippen molar-refractivity contribution in [2.75, 3.05) is 6.61 Å². The van der Waals surface area contributed by atoms with Crippen LogP contribution in [0.3, 0.4) is 0 Å². The van der Waals surface area contributed by atoms with Gasteiger partial charge in [0, 0.05) is 5.57 Å². The highest BCUT2D eigenvalue weighted by Gasteiger charge is 2.60. The molecule has 2 bridgehead atoms. The summed E-state index contributed by atoms with van der Waals surface area (Å²) in [5.74, 6) is -2.65. The van der Waals surface area contributed by atoms with Gasteiger partial charge >= 0.3 is 17.9 Å².